The van der Waals surface area contributed by atoms with Crippen LogP contribution in [0.1, 0.15) is 38.5 Å². The predicted octanol–water partition coefficient (Wildman–Crippen LogP) is 2.04. The molecule has 1 aromatic carbocycles. The smallest absolute Gasteiger partial charge is 0.243 e. The molecule has 3 fully saturated rings. The topological polar surface area (TPSA) is 96.4 Å². The van der Waals surface area contributed by atoms with E-state index in [1.807, 2.05) is 4.90 Å². The van der Waals surface area contributed by atoms with Gasteiger partial charge in [-0.15, -0.1) is 0 Å². The van der Waals surface area contributed by atoms with E-state index >= 15 is 0 Å². The Balaban J connectivity index is 1.50. The van der Waals surface area contributed by atoms with Crippen LogP contribution in [0.4, 0.5) is 0 Å². The van der Waals surface area contributed by atoms with Gasteiger partial charge in [0.15, 0.2) is 0 Å². The third-order valence-corrected chi connectivity index (χ3v) is 8.57. The second-order valence-corrected chi connectivity index (χ2v) is 11.1. The molecule has 4 rings (SSSR count). The first kappa shape index (κ1) is 23.9. The standard InChI is InChI=1S/C22H31ClN2O6S/c23-16-5-4-6-19(11-16)32(28,29)25-13-17(26)14-30-15-21-20(25)8-7-18(31-21)12-22(27)24-9-2-1-3-10-24/h4-6,11,17-18,20-21,26H,1-3,7-10,12-15H2/t17-,18+,20-,21+/m1/s1. The van der Waals surface area contributed by atoms with Crippen molar-refractivity contribution in [2.75, 3.05) is 32.8 Å². The molecule has 8 nitrogen and oxygen atoms in total. The maximum Gasteiger partial charge on any atom is 0.243 e. The van der Waals surface area contributed by atoms with E-state index in [1.165, 1.54) is 16.4 Å². The molecule has 0 unspecified atom stereocenters. The molecule has 0 bridgehead atoms. The summed E-state index contributed by atoms with van der Waals surface area (Å²) in [6.07, 6.45) is 2.90. The average Bonchev–Trinajstić information content (AvgIpc) is 2.77. The van der Waals surface area contributed by atoms with Gasteiger partial charge >= 0.3 is 0 Å². The van der Waals surface area contributed by atoms with Crippen molar-refractivity contribution in [2.45, 2.75) is 67.8 Å². The molecule has 178 valence electrons. The average molecular weight is 487 g/mol. The molecule has 0 spiro atoms. The number of benzene rings is 1. The fourth-order valence-corrected chi connectivity index (χ4v) is 6.82. The lowest BCUT2D eigenvalue weighted by Gasteiger charge is -2.43. The Labute approximate surface area is 194 Å². The molecule has 0 aromatic heterocycles. The summed E-state index contributed by atoms with van der Waals surface area (Å²) in [5.74, 6) is 0.0961. The highest BCUT2D eigenvalue weighted by Crippen LogP contribution is 2.32. The number of fused-ring (bicyclic) bond motifs is 1. The summed E-state index contributed by atoms with van der Waals surface area (Å²) < 4.78 is 40.1. The zero-order valence-corrected chi connectivity index (χ0v) is 19.6. The van der Waals surface area contributed by atoms with Crippen LogP contribution in [0.3, 0.4) is 0 Å². The molecule has 1 amide bonds. The summed E-state index contributed by atoms with van der Waals surface area (Å²) in [7, 11) is -3.91. The molecule has 1 N–H and O–H groups in total. The number of aliphatic hydroxyl groups is 1. The second-order valence-electron chi connectivity index (χ2n) is 8.81. The highest BCUT2D eigenvalue weighted by atomic mass is 35.5. The van der Waals surface area contributed by atoms with Gasteiger partial charge in [-0.05, 0) is 50.3 Å². The molecule has 0 radical (unpaired) electrons. The quantitative estimate of drug-likeness (QED) is 0.699. The van der Waals surface area contributed by atoms with E-state index in [1.54, 1.807) is 12.1 Å². The molecular weight excluding hydrogens is 456 g/mol. The minimum absolute atomic E-state index is 0.0194. The van der Waals surface area contributed by atoms with Crippen molar-refractivity contribution in [3.8, 4) is 0 Å². The normalized spacial score (nSPS) is 30.2. The molecule has 3 saturated heterocycles. The first-order chi connectivity index (χ1) is 15.3. The van der Waals surface area contributed by atoms with Gasteiger partial charge in [0.05, 0.1) is 48.9 Å². The summed E-state index contributed by atoms with van der Waals surface area (Å²) >= 11 is 6.03. The van der Waals surface area contributed by atoms with Crippen molar-refractivity contribution < 1.29 is 27.8 Å². The number of hydrogen-bond acceptors (Lipinski definition) is 6. The third kappa shape index (κ3) is 5.46. The minimum Gasteiger partial charge on any atom is -0.389 e. The zero-order chi connectivity index (χ0) is 22.7. The Morgan fingerprint density at radius 1 is 1.16 bits per heavy atom. The van der Waals surface area contributed by atoms with Crippen molar-refractivity contribution in [3.63, 3.8) is 0 Å². The molecule has 4 atom stereocenters. The molecule has 1 aromatic rings. The van der Waals surface area contributed by atoms with E-state index in [2.05, 4.69) is 0 Å². The van der Waals surface area contributed by atoms with Crippen LogP contribution in [-0.2, 0) is 24.3 Å². The number of carbonyl (C=O) groups is 1. The first-order valence-electron chi connectivity index (χ1n) is 11.3. The Kier molecular flexibility index (Phi) is 7.74. The molecular formula is C22H31ClN2O6S. The Morgan fingerprint density at radius 2 is 1.94 bits per heavy atom. The van der Waals surface area contributed by atoms with Crippen LogP contribution in [0.2, 0.25) is 5.02 Å². The largest absolute Gasteiger partial charge is 0.389 e. The summed E-state index contributed by atoms with van der Waals surface area (Å²) in [5, 5.41) is 10.6. The van der Waals surface area contributed by atoms with E-state index in [9.17, 15) is 18.3 Å². The zero-order valence-electron chi connectivity index (χ0n) is 18.1. The van der Waals surface area contributed by atoms with Crippen molar-refractivity contribution in [1.29, 1.82) is 0 Å². The monoisotopic (exact) mass is 486 g/mol. The molecule has 3 heterocycles. The fraction of sp³-hybridized carbons (Fsp3) is 0.682. The number of ether oxygens (including phenoxy) is 2. The molecule has 3 aliphatic rings. The number of piperidine rings is 1. The van der Waals surface area contributed by atoms with Gasteiger partial charge in [-0.1, -0.05) is 17.7 Å². The maximum atomic E-state index is 13.5. The van der Waals surface area contributed by atoms with Crippen LogP contribution < -0.4 is 0 Å². The number of sulfonamides is 1. The highest BCUT2D eigenvalue weighted by Gasteiger charge is 2.43. The van der Waals surface area contributed by atoms with Crippen LogP contribution >= 0.6 is 11.6 Å². The summed E-state index contributed by atoms with van der Waals surface area (Å²) in [4.78, 5) is 14.7. The van der Waals surface area contributed by atoms with Gasteiger partial charge < -0.3 is 19.5 Å². The molecule has 3 aliphatic heterocycles. The van der Waals surface area contributed by atoms with Gasteiger partial charge in [-0.2, -0.15) is 4.31 Å². The van der Waals surface area contributed by atoms with E-state index in [0.717, 1.165) is 32.4 Å². The summed E-state index contributed by atoms with van der Waals surface area (Å²) in [5.41, 5.74) is 0. The highest BCUT2D eigenvalue weighted by molar-refractivity contribution is 7.89. The Morgan fingerprint density at radius 3 is 2.69 bits per heavy atom. The van der Waals surface area contributed by atoms with Crippen LogP contribution in [0.15, 0.2) is 29.2 Å². The Hall–Kier alpha value is -1.23. The van der Waals surface area contributed by atoms with Crippen molar-refractivity contribution in [3.05, 3.63) is 29.3 Å². The number of β-amino-alcohol motifs (C(OH)–C–C–N with tert-alkyl or cyclic N) is 1. The Bertz CT molecular complexity index is 907. The van der Waals surface area contributed by atoms with Gasteiger partial charge in [0.25, 0.3) is 0 Å². The number of likely N-dealkylation sites (tertiary alicyclic amines) is 1. The number of rotatable bonds is 4. The van der Waals surface area contributed by atoms with Gasteiger partial charge in [0.2, 0.25) is 15.9 Å². The van der Waals surface area contributed by atoms with Crippen molar-refractivity contribution in [1.82, 2.24) is 9.21 Å². The lowest BCUT2D eigenvalue weighted by atomic mass is 9.96. The lowest BCUT2D eigenvalue weighted by molar-refractivity contribution is -0.152. The number of nitrogens with zero attached hydrogens (tertiary/aromatic N) is 2. The predicted molar refractivity (Wildman–Crippen MR) is 119 cm³/mol. The van der Waals surface area contributed by atoms with Crippen LogP contribution in [0.5, 0.6) is 0 Å². The van der Waals surface area contributed by atoms with Gasteiger partial charge in [0.1, 0.15) is 0 Å². The van der Waals surface area contributed by atoms with E-state index in [4.69, 9.17) is 21.1 Å². The molecule has 0 saturated carbocycles. The summed E-state index contributed by atoms with van der Waals surface area (Å²) in [6, 6.07) is 5.64. The van der Waals surface area contributed by atoms with Crippen LogP contribution in [0.25, 0.3) is 0 Å². The number of carbonyl (C=O) groups excluding carboxylic acids is 1. The van der Waals surface area contributed by atoms with Crippen molar-refractivity contribution >= 4 is 27.5 Å². The van der Waals surface area contributed by atoms with Crippen LogP contribution in [0, 0.1) is 0 Å². The fourth-order valence-electron chi connectivity index (χ4n) is 4.80. The summed E-state index contributed by atoms with van der Waals surface area (Å²) in [6.45, 7) is 1.69. The third-order valence-electron chi connectivity index (χ3n) is 6.45. The SMILES string of the molecule is O=C(C[C@@H]1CC[C@@H]2[C@H](COC[C@H](O)CN2S(=O)(=O)c2cccc(Cl)c2)O1)N1CCCCC1. The molecule has 0 aliphatic carbocycles. The van der Waals surface area contributed by atoms with Crippen molar-refractivity contribution in [2.24, 2.45) is 0 Å². The number of amides is 1. The van der Waals surface area contributed by atoms with Gasteiger partial charge in [0, 0.05) is 24.7 Å². The van der Waals surface area contributed by atoms with E-state index in [-0.39, 0.29) is 36.7 Å². The first-order valence-corrected chi connectivity index (χ1v) is 13.1. The van der Waals surface area contributed by atoms with Crippen LogP contribution in [-0.4, -0.2) is 85.8 Å². The van der Waals surface area contributed by atoms with E-state index in [0.29, 0.717) is 24.3 Å². The molecule has 32 heavy (non-hydrogen) atoms. The van der Waals surface area contributed by atoms with Gasteiger partial charge in [-0.3, -0.25) is 4.79 Å². The lowest BCUT2D eigenvalue weighted by Crippen LogP contribution is -2.57. The van der Waals surface area contributed by atoms with Gasteiger partial charge in [-0.25, -0.2) is 8.42 Å². The van der Waals surface area contributed by atoms with E-state index < -0.39 is 28.3 Å². The molecule has 10 heteroatoms. The number of aliphatic hydroxyl groups excluding tert-OH is 1. The minimum atomic E-state index is -3.91. The number of halogens is 1. The number of hydrogen-bond donors (Lipinski definition) is 1. The second kappa shape index (κ2) is 10.4. The maximum absolute atomic E-state index is 13.5.